The summed E-state index contributed by atoms with van der Waals surface area (Å²) in [4.78, 5) is 11.3. The van der Waals surface area contributed by atoms with Crippen molar-refractivity contribution in [2.24, 2.45) is 5.92 Å². The molecular weight excluding hydrogens is 226 g/mol. The number of anilines is 1. The number of nitrogens with two attached hydrogens (primary N) is 1. The number of nitrogen functional groups attached to an aromatic ring is 1. The van der Waals surface area contributed by atoms with Gasteiger partial charge in [0.05, 0.1) is 0 Å². The molecule has 3 heteroatoms. The normalized spacial score (nSPS) is 23.7. The Morgan fingerprint density at radius 3 is 2.67 bits per heavy atom. The quantitative estimate of drug-likeness (QED) is 0.657. The number of ether oxygens (including phenoxy) is 1. The Bertz CT molecular complexity index is 442. The third kappa shape index (κ3) is 2.84. The maximum Gasteiger partial charge on any atom is 0.161 e. The van der Waals surface area contributed by atoms with Crippen LogP contribution in [-0.4, -0.2) is 11.9 Å². The van der Waals surface area contributed by atoms with E-state index in [9.17, 15) is 4.79 Å². The van der Waals surface area contributed by atoms with Crippen LogP contribution < -0.4 is 10.5 Å². The molecule has 1 aliphatic rings. The van der Waals surface area contributed by atoms with Crippen molar-refractivity contribution in [1.29, 1.82) is 0 Å². The van der Waals surface area contributed by atoms with E-state index in [1.807, 2.05) is 6.07 Å². The van der Waals surface area contributed by atoms with Crippen LogP contribution in [-0.2, 0) is 0 Å². The first kappa shape index (κ1) is 12.9. The predicted octanol–water partition coefficient (Wildman–Crippen LogP) is 3.43. The van der Waals surface area contributed by atoms with E-state index in [0.717, 1.165) is 12.2 Å². The second-order valence-electron chi connectivity index (χ2n) is 5.22. The summed E-state index contributed by atoms with van der Waals surface area (Å²) >= 11 is 0. The number of hydrogen-bond acceptors (Lipinski definition) is 3. The average molecular weight is 247 g/mol. The molecule has 2 atom stereocenters. The zero-order chi connectivity index (χ0) is 13.1. The molecular formula is C15H21NO2. The Balaban J connectivity index is 2.10. The number of hydrogen-bond donors (Lipinski definition) is 1. The Kier molecular flexibility index (Phi) is 3.90. The lowest BCUT2D eigenvalue weighted by Gasteiger charge is -2.29. The van der Waals surface area contributed by atoms with Gasteiger partial charge in [-0.2, -0.15) is 0 Å². The first-order valence-corrected chi connectivity index (χ1v) is 6.65. The van der Waals surface area contributed by atoms with Crippen LogP contribution >= 0.6 is 0 Å². The van der Waals surface area contributed by atoms with Gasteiger partial charge in [-0.3, -0.25) is 4.79 Å². The van der Waals surface area contributed by atoms with Crippen molar-refractivity contribution in [3.8, 4) is 5.75 Å². The van der Waals surface area contributed by atoms with Crippen LogP contribution in [0.4, 0.5) is 5.69 Å². The number of carbonyl (C=O) groups excluding carboxylic acids is 1. The second kappa shape index (κ2) is 5.42. The van der Waals surface area contributed by atoms with Gasteiger partial charge in [-0.25, -0.2) is 0 Å². The molecule has 2 unspecified atom stereocenters. The summed E-state index contributed by atoms with van der Waals surface area (Å²) < 4.78 is 5.99. The van der Waals surface area contributed by atoms with Crippen molar-refractivity contribution < 1.29 is 9.53 Å². The fourth-order valence-corrected chi connectivity index (χ4v) is 2.57. The molecule has 18 heavy (non-hydrogen) atoms. The molecule has 1 aromatic carbocycles. The van der Waals surface area contributed by atoms with Gasteiger partial charge in [-0.1, -0.05) is 13.3 Å². The molecule has 2 rings (SSSR count). The molecule has 98 valence electrons. The zero-order valence-electron chi connectivity index (χ0n) is 11.1. The molecule has 0 amide bonds. The molecule has 0 aliphatic heterocycles. The standard InChI is InChI=1S/C15H21NO2/c1-10-5-3-4-6-15(10)18-12-7-8-13(11(2)17)14(16)9-12/h7-10,15H,3-6,16H2,1-2H3. The Morgan fingerprint density at radius 2 is 2.06 bits per heavy atom. The van der Waals surface area contributed by atoms with Gasteiger partial charge in [0.15, 0.2) is 5.78 Å². The van der Waals surface area contributed by atoms with Gasteiger partial charge in [0.25, 0.3) is 0 Å². The summed E-state index contributed by atoms with van der Waals surface area (Å²) in [5, 5.41) is 0. The molecule has 1 aliphatic carbocycles. The summed E-state index contributed by atoms with van der Waals surface area (Å²) in [7, 11) is 0. The third-order valence-electron chi connectivity index (χ3n) is 3.72. The molecule has 1 aromatic rings. The topological polar surface area (TPSA) is 52.3 Å². The lowest BCUT2D eigenvalue weighted by molar-refractivity contribution is 0.101. The van der Waals surface area contributed by atoms with E-state index in [4.69, 9.17) is 10.5 Å². The number of benzene rings is 1. The molecule has 0 radical (unpaired) electrons. The van der Waals surface area contributed by atoms with Gasteiger partial charge in [-0.15, -0.1) is 0 Å². The maximum atomic E-state index is 11.3. The predicted molar refractivity (Wildman–Crippen MR) is 72.9 cm³/mol. The molecule has 0 heterocycles. The van der Waals surface area contributed by atoms with E-state index >= 15 is 0 Å². The van der Waals surface area contributed by atoms with Crippen LogP contribution in [0.2, 0.25) is 0 Å². The monoisotopic (exact) mass is 247 g/mol. The molecule has 0 bridgehead atoms. The van der Waals surface area contributed by atoms with Gasteiger partial charge in [0.1, 0.15) is 11.9 Å². The van der Waals surface area contributed by atoms with Gasteiger partial charge in [0, 0.05) is 17.3 Å². The van der Waals surface area contributed by atoms with Gasteiger partial charge >= 0.3 is 0 Å². The Morgan fingerprint density at radius 1 is 1.33 bits per heavy atom. The maximum absolute atomic E-state index is 11.3. The van der Waals surface area contributed by atoms with Crippen molar-refractivity contribution in [3.05, 3.63) is 23.8 Å². The van der Waals surface area contributed by atoms with Crippen LogP contribution in [0.3, 0.4) is 0 Å². The minimum atomic E-state index is -0.00918. The van der Waals surface area contributed by atoms with Crippen LogP contribution in [0.5, 0.6) is 5.75 Å². The summed E-state index contributed by atoms with van der Waals surface area (Å²) in [6.07, 6.45) is 5.14. The second-order valence-corrected chi connectivity index (χ2v) is 5.22. The van der Waals surface area contributed by atoms with E-state index in [1.165, 1.54) is 26.2 Å². The lowest BCUT2D eigenvalue weighted by Crippen LogP contribution is -2.28. The minimum absolute atomic E-state index is 0.00918. The van der Waals surface area contributed by atoms with E-state index in [0.29, 0.717) is 17.2 Å². The smallest absolute Gasteiger partial charge is 0.161 e. The van der Waals surface area contributed by atoms with E-state index in [2.05, 4.69) is 6.92 Å². The number of rotatable bonds is 3. The van der Waals surface area contributed by atoms with Crippen molar-refractivity contribution >= 4 is 11.5 Å². The van der Waals surface area contributed by atoms with Crippen LogP contribution in [0, 0.1) is 5.92 Å². The SMILES string of the molecule is CC(=O)c1ccc(OC2CCCCC2C)cc1N. The van der Waals surface area contributed by atoms with Crippen LogP contribution in [0.1, 0.15) is 49.9 Å². The van der Waals surface area contributed by atoms with Crippen molar-refractivity contribution in [3.63, 3.8) is 0 Å². The zero-order valence-corrected chi connectivity index (χ0v) is 11.1. The summed E-state index contributed by atoms with van der Waals surface area (Å²) in [5.74, 6) is 1.36. The highest BCUT2D eigenvalue weighted by atomic mass is 16.5. The lowest BCUT2D eigenvalue weighted by atomic mass is 9.88. The van der Waals surface area contributed by atoms with Crippen molar-refractivity contribution in [2.75, 3.05) is 5.73 Å². The molecule has 0 spiro atoms. The van der Waals surface area contributed by atoms with Crippen molar-refractivity contribution in [1.82, 2.24) is 0 Å². The van der Waals surface area contributed by atoms with Crippen LogP contribution in [0.25, 0.3) is 0 Å². The number of ketones is 1. The summed E-state index contributed by atoms with van der Waals surface area (Å²) in [6, 6.07) is 5.35. The first-order chi connectivity index (χ1) is 8.58. The van der Waals surface area contributed by atoms with Crippen molar-refractivity contribution in [2.45, 2.75) is 45.6 Å². The van der Waals surface area contributed by atoms with Gasteiger partial charge in [-0.05, 0) is 44.2 Å². The van der Waals surface area contributed by atoms with E-state index < -0.39 is 0 Å². The first-order valence-electron chi connectivity index (χ1n) is 6.65. The summed E-state index contributed by atoms with van der Waals surface area (Å²) in [5.41, 5.74) is 6.93. The number of Topliss-reactive ketones (excluding diaryl/α,β-unsaturated/α-hetero) is 1. The number of carbonyl (C=O) groups is 1. The average Bonchev–Trinajstić information content (AvgIpc) is 2.32. The van der Waals surface area contributed by atoms with Gasteiger partial charge < -0.3 is 10.5 Å². The Labute approximate surface area is 108 Å². The fourth-order valence-electron chi connectivity index (χ4n) is 2.57. The molecule has 2 N–H and O–H groups in total. The largest absolute Gasteiger partial charge is 0.490 e. The fraction of sp³-hybridized carbons (Fsp3) is 0.533. The molecule has 0 aromatic heterocycles. The highest BCUT2D eigenvalue weighted by molar-refractivity contribution is 5.99. The van der Waals surface area contributed by atoms with E-state index in [-0.39, 0.29) is 11.9 Å². The van der Waals surface area contributed by atoms with Crippen LogP contribution in [0.15, 0.2) is 18.2 Å². The summed E-state index contributed by atoms with van der Waals surface area (Å²) in [6.45, 7) is 3.76. The Hall–Kier alpha value is -1.51. The molecule has 1 saturated carbocycles. The highest BCUT2D eigenvalue weighted by Crippen LogP contribution is 2.29. The highest BCUT2D eigenvalue weighted by Gasteiger charge is 2.23. The molecule has 0 saturated heterocycles. The minimum Gasteiger partial charge on any atom is -0.490 e. The van der Waals surface area contributed by atoms with Gasteiger partial charge in [0.2, 0.25) is 0 Å². The third-order valence-corrected chi connectivity index (χ3v) is 3.72. The molecule has 1 fully saturated rings. The van der Waals surface area contributed by atoms with E-state index in [1.54, 1.807) is 12.1 Å². The molecule has 3 nitrogen and oxygen atoms in total.